The van der Waals surface area contributed by atoms with Gasteiger partial charge >= 0.3 is 0 Å². The average Bonchev–Trinajstić information content (AvgIpc) is 1.93. The molecule has 0 aliphatic heterocycles. The van der Waals surface area contributed by atoms with Gasteiger partial charge in [0.05, 0.1) is 6.20 Å². The predicted molar refractivity (Wildman–Crippen MR) is 39.6 cm³/mol. The molecule has 2 heteroatoms. The molecule has 0 radical (unpaired) electrons. The van der Waals surface area contributed by atoms with Gasteiger partial charge in [-0.1, -0.05) is 4.68 Å². The second-order valence-electron chi connectivity index (χ2n) is 2.66. The molecule has 54 valence electrons. The normalized spacial score (nSPS) is 10.0. The highest BCUT2D eigenvalue weighted by Crippen LogP contribution is 2.03. The number of aromatic nitrogens is 2. The van der Waals surface area contributed by atoms with Gasteiger partial charge in [0.25, 0.3) is 0 Å². The van der Waals surface area contributed by atoms with E-state index in [-0.39, 0.29) is 0 Å². The van der Waals surface area contributed by atoms with Gasteiger partial charge in [-0.05, 0) is 24.5 Å². The molecule has 0 saturated heterocycles. The highest BCUT2D eigenvalue weighted by molar-refractivity contribution is 5.20. The molecule has 0 bridgehead atoms. The van der Waals surface area contributed by atoms with E-state index in [0.29, 0.717) is 0 Å². The fourth-order valence-corrected chi connectivity index (χ4v) is 0.885. The first-order valence-corrected chi connectivity index (χ1v) is 3.42. The molecule has 1 heterocycles. The van der Waals surface area contributed by atoms with Crippen molar-refractivity contribution >= 4 is 0 Å². The van der Waals surface area contributed by atoms with Crippen molar-refractivity contribution in [1.29, 1.82) is 0 Å². The van der Waals surface area contributed by atoms with Gasteiger partial charge in [0.15, 0.2) is 7.05 Å². The maximum atomic E-state index is 4.16. The summed E-state index contributed by atoms with van der Waals surface area (Å²) in [5.41, 5.74) is 3.83. The Hall–Kier alpha value is -0.920. The SMILES string of the molecule is Cc1cn[n+](C)c(C)c1C. The predicted octanol–water partition coefficient (Wildman–Crippen LogP) is 0.831. The molecule has 10 heavy (non-hydrogen) atoms. The molecule has 0 aliphatic rings. The summed E-state index contributed by atoms with van der Waals surface area (Å²) in [7, 11) is 1.96. The van der Waals surface area contributed by atoms with Crippen molar-refractivity contribution in [3.8, 4) is 0 Å². The first kappa shape index (κ1) is 7.19. The van der Waals surface area contributed by atoms with Crippen LogP contribution in [0.25, 0.3) is 0 Å². The Morgan fingerprint density at radius 3 is 2.40 bits per heavy atom. The van der Waals surface area contributed by atoms with Crippen LogP contribution < -0.4 is 4.68 Å². The summed E-state index contributed by atoms with van der Waals surface area (Å²) in [6, 6.07) is 0. The van der Waals surface area contributed by atoms with Gasteiger partial charge in [-0.15, -0.1) is 0 Å². The Kier molecular flexibility index (Phi) is 1.70. The van der Waals surface area contributed by atoms with Crippen LogP contribution in [0.2, 0.25) is 0 Å². The van der Waals surface area contributed by atoms with Crippen molar-refractivity contribution in [2.45, 2.75) is 20.8 Å². The summed E-state index contributed by atoms with van der Waals surface area (Å²) in [5.74, 6) is 0. The molecule has 0 unspecified atom stereocenters. The number of aryl methyl sites for hydroxylation is 2. The third-order valence-corrected chi connectivity index (χ3v) is 2.04. The van der Waals surface area contributed by atoms with E-state index in [0.717, 1.165) is 0 Å². The lowest BCUT2D eigenvalue weighted by Crippen LogP contribution is -2.37. The molecule has 1 aromatic rings. The molecule has 0 amide bonds. The third-order valence-electron chi connectivity index (χ3n) is 2.04. The molecule has 2 nitrogen and oxygen atoms in total. The van der Waals surface area contributed by atoms with Gasteiger partial charge in [0, 0.05) is 12.5 Å². The average molecular weight is 137 g/mol. The fourth-order valence-electron chi connectivity index (χ4n) is 0.885. The first-order valence-electron chi connectivity index (χ1n) is 3.42. The van der Waals surface area contributed by atoms with E-state index in [9.17, 15) is 0 Å². The fraction of sp³-hybridized carbons (Fsp3) is 0.500. The van der Waals surface area contributed by atoms with Gasteiger partial charge in [0.1, 0.15) is 0 Å². The highest BCUT2D eigenvalue weighted by atomic mass is 15.2. The topological polar surface area (TPSA) is 16.8 Å². The number of hydrogen-bond acceptors (Lipinski definition) is 1. The van der Waals surface area contributed by atoms with E-state index in [4.69, 9.17) is 0 Å². The van der Waals surface area contributed by atoms with Crippen LogP contribution >= 0.6 is 0 Å². The van der Waals surface area contributed by atoms with Crippen molar-refractivity contribution in [3.63, 3.8) is 0 Å². The van der Waals surface area contributed by atoms with Crippen molar-refractivity contribution in [2.24, 2.45) is 7.05 Å². The molecule has 1 aromatic heterocycles. The third kappa shape index (κ3) is 1.01. The number of hydrogen-bond donors (Lipinski definition) is 0. The summed E-state index contributed by atoms with van der Waals surface area (Å²) in [5, 5.41) is 4.16. The minimum Gasteiger partial charge on any atom is -0.0912 e. The molecular weight excluding hydrogens is 124 g/mol. The van der Waals surface area contributed by atoms with Gasteiger partial charge in [0.2, 0.25) is 5.69 Å². The minimum absolute atomic E-state index is 1.24. The first-order chi connectivity index (χ1) is 4.63. The number of nitrogens with zero attached hydrogens (tertiary/aromatic N) is 2. The lowest BCUT2D eigenvalue weighted by atomic mass is 10.1. The van der Waals surface area contributed by atoms with Crippen LogP contribution in [0.5, 0.6) is 0 Å². The molecule has 0 saturated carbocycles. The molecule has 0 N–H and O–H groups in total. The smallest absolute Gasteiger partial charge is 0.0912 e. The quantitative estimate of drug-likeness (QED) is 0.484. The van der Waals surface area contributed by atoms with Gasteiger partial charge in [-0.25, -0.2) is 0 Å². The lowest BCUT2D eigenvalue weighted by Gasteiger charge is -1.97. The second kappa shape index (κ2) is 2.37. The van der Waals surface area contributed by atoms with Crippen LogP contribution in [-0.4, -0.2) is 5.10 Å². The number of rotatable bonds is 0. The van der Waals surface area contributed by atoms with Gasteiger partial charge < -0.3 is 0 Å². The highest BCUT2D eigenvalue weighted by Gasteiger charge is 2.06. The van der Waals surface area contributed by atoms with Crippen molar-refractivity contribution < 1.29 is 4.68 Å². The van der Waals surface area contributed by atoms with E-state index in [2.05, 4.69) is 25.9 Å². The van der Waals surface area contributed by atoms with Crippen LogP contribution in [0.3, 0.4) is 0 Å². The Morgan fingerprint density at radius 1 is 1.30 bits per heavy atom. The van der Waals surface area contributed by atoms with Gasteiger partial charge in [-0.3, -0.25) is 0 Å². The summed E-state index contributed by atoms with van der Waals surface area (Å²) >= 11 is 0. The molecule has 0 fully saturated rings. The maximum absolute atomic E-state index is 4.16. The summed E-state index contributed by atoms with van der Waals surface area (Å²) in [6.45, 7) is 6.27. The second-order valence-corrected chi connectivity index (χ2v) is 2.66. The minimum atomic E-state index is 1.24. The van der Waals surface area contributed by atoms with Crippen LogP contribution in [0, 0.1) is 20.8 Å². The molecule has 0 spiro atoms. The van der Waals surface area contributed by atoms with Crippen molar-refractivity contribution in [2.75, 3.05) is 0 Å². The van der Waals surface area contributed by atoms with E-state index in [1.165, 1.54) is 16.8 Å². The van der Waals surface area contributed by atoms with E-state index < -0.39 is 0 Å². The van der Waals surface area contributed by atoms with Crippen molar-refractivity contribution in [1.82, 2.24) is 5.10 Å². The van der Waals surface area contributed by atoms with E-state index in [1.54, 1.807) is 0 Å². The zero-order valence-electron chi connectivity index (χ0n) is 6.97. The summed E-state index contributed by atoms with van der Waals surface area (Å²) < 4.78 is 1.89. The molecular formula is C8H13N2+. The van der Waals surface area contributed by atoms with E-state index in [1.807, 2.05) is 17.9 Å². The Morgan fingerprint density at radius 2 is 1.90 bits per heavy atom. The zero-order chi connectivity index (χ0) is 7.72. The van der Waals surface area contributed by atoms with Crippen LogP contribution in [0.15, 0.2) is 6.20 Å². The molecule has 1 rings (SSSR count). The largest absolute Gasteiger partial charge is 0.208 e. The Labute approximate surface area is 61.5 Å². The molecule has 0 aliphatic carbocycles. The maximum Gasteiger partial charge on any atom is 0.208 e. The standard InChI is InChI=1S/C8H13N2/c1-6-5-9-10(4)8(3)7(6)2/h5H,1-4H3/q+1. The Balaban J connectivity index is 3.34. The Bertz CT molecular complexity index is 227. The zero-order valence-corrected chi connectivity index (χ0v) is 6.97. The van der Waals surface area contributed by atoms with Crippen LogP contribution in [0.4, 0.5) is 0 Å². The van der Waals surface area contributed by atoms with Crippen LogP contribution in [-0.2, 0) is 7.05 Å². The summed E-state index contributed by atoms with van der Waals surface area (Å²) in [6.07, 6.45) is 1.89. The monoisotopic (exact) mass is 137 g/mol. The molecule has 0 atom stereocenters. The van der Waals surface area contributed by atoms with E-state index >= 15 is 0 Å². The van der Waals surface area contributed by atoms with Crippen LogP contribution in [0.1, 0.15) is 16.8 Å². The van der Waals surface area contributed by atoms with Gasteiger partial charge in [-0.2, -0.15) is 0 Å². The van der Waals surface area contributed by atoms with Crippen molar-refractivity contribution in [3.05, 3.63) is 23.0 Å². The molecule has 0 aromatic carbocycles. The lowest BCUT2D eigenvalue weighted by molar-refractivity contribution is -0.736. The summed E-state index contributed by atoms with van der Waals surface area (Å²) in [4.78, 5) is 0.